The summed E-state index contributed by atoms with van der Waals surface area (Å²) >= 11 is 7.85. The van der Waals surface area contributed by atoms with Crippen LogP contribution < -0.4 is 4.90 Å². The van der Waals surface area contributed by atoms with E-state index in [4.69, 9.17) is 26.2 Å². The molecule has 2 N–H and O–H groups in total. The van der Waals surface area contributed by atoms with E-state index in [0.717, 1.165) is 26.1 Å². The summed E-state index contributed by atoms with van der Waals surface area (Å²) in [6, 6.07) is 10.8. The Balaban J connectivity index is 1.16. The average molecular weight is 759 g/mol. The third-order valence-electron chi connectivity index (χ3n) is 12.0. The maximum Gasteiger partial charge on any atom is 0.303 e. The Morgan fingerprint density at radius 1 is 1.06 bits per heavy atom. The SMILES string of the molecule is Cc1c(-c2cc(N3C(=O)C4CC5C(=CCC6C(=O)N(CCCCCC(=O)O)C(=O)C65)C(c5ccc(CO)o5)C4(C)C3=O)n(C)n2)sc2ccc(Cl)cc12. The zero-order valence-electron chi connectivity index (χ0n) is 29.5. The van der Waals surface area contributed by atoms with Crippen LogP contribution in [0.1, 0.15) is 68.5 Å². The van der Waals surface area contributed by atoms with Gasteiger partial charge in [-0.25, -0.2) is 4.90 Å². The third-order valence-corrected chi connectivity index (χ3v) is 13.5. The first-order valence-corrected chi connectivity index (χ1v) is 19.1. The molecule has 8 rings (SSSR count). The minimum Gasteiger partial charge on any atom is -0.481 e. The number of benzene rings is 1. The van der Waals surface area contributed by atoms with Crippen molar-refractivity contribution < 1.29 is 38.6 Å². The van der Waals surface area contributed by atoms with Crippen LogP contribution >= 0.6 is 22.9 Å². The van der Waals surface area contributed by atoms with E-state index in [-0.39, 0.29) is 37.8 Å². The highest BCUT2D eigenvalue weighted by Gasteiger charge is 2.68. The summed E-state index contributed by atoms with van der Waals surface area (Å²) in [7, 11) is 1.70. The zero-order chi connectivity index (χ0) is 37.5. The van der Waals surface area contributed by atoms with Gasteiger partial charge < -0.3 is 14.6 Å². The number of halogens is 1. The number of aliphatic hydroxyl groups excluding tert-OH is 1. The van der Waals surface area contributed by atoms with Gasteiger partial charge in [-0.2, -0.15) is 5.10 Å². The second-order valence-electron chi connectivity index (χ2n) is 14.9. The van der Waals surface area contributed by atoms with Crippen LogP contribution in [-0.2, 0) is 37.6 Å². The molecule has 0 bridgehead atoms. The lowest BCUT2D eigenvalue weighted by molar-refractivity contribution is -0.141. The predicted octanol–water partition coefficient (Wildman–Crippen LogP) is 6.22. The summed E-state index contributed by atoms with van der Waals surface area (Å²) in [6.07, 6.45) is 4.01. The van der Waals surface area contributed by atoms with Crippen molar-refractivity contribution in [2.45, 2.75) is 64.9 Å². The standard InChI is InChI=1S/C39H39ClN4O8S/c1-19-24-15-20(40)8-13-29(24)53-34(19)27-17-30(42(3)41-27)44-36(49)26-16-25-22(33(39(26,2)38(44)51)28-12-9-21(18-45)52-28)10-11-23-32(25)37(50)43(35(23)48)14-6-4-5-7-31(46)47/h8-10,12-13,15,17,23,25-26,32-33,45H,4-7,11,14,16,18H2,1-3H3,(H,46,47). The molecule has 3 fully saturated rings. The molecule has 2 aliphatic carbocycles. The Hall–Kier alpha value is -4.59. The summed E-state index contributed by atoms with van der Waals surface area (Å²) in [5, 5.41) is 25.3. The van der Waals surface area contributed by atoms with E-state index >= 15 is 0 Å². The number of unbranched alkanes of at least 4 members (excludes halogenated alkanes) is 2. The van der Waals surface area contributed by atoms with Crippen molar-refractivity contribution in [2.75, 3.05) is 11.4 Å². The normalized spacial score (nSPS) is 26.7. The van der Waals surface area contributed by atoms with Gasteiger partial charge >= 0.3 is 5.97 Å². The number of anilines is 1. The van der Waals surface area contributed by atoms with Crippen molar-refractivity contribution in [3.8, 4) is 10.6 Å². The highest BCUT2D eigenvalue weighted by molar-refractivity contribution is 7.22. The second kappa shape index (κ2) is 13.1. The number of hydrogen-bond acceptors (Lipinski definition) is 9. The fraction of sp³-hybridized carbons (Fsp3) is 0.436. The van der Waals surface area contributed by atoms with E-state index in [1.54, 1.807) is 48.2 Å². The number of fused-ring (bicyclic) bond motifs is 5. The third kappa shape index (κ3) is 5.41. The number of amides is 4. The number of nitrogens with zero attached hydrogens (tertiary/aromatic N) is 4. The van der Waals surface area contributed by atoms with Crippen molar-refractivity contribution in [2.24, 2.45) is 36.1 Å². The molecular weight excluding hydrogens is 720 g/mol. The number of imide groups is 2. The van der Waals surface area contributed by atoms with E-state index in [9.17, 15) is 29.1 Å². The topological polar surface area (TPSA) is 163 Å². The van der Waals surface area contributed by atoms with E-state index in [1.807, 2.05) is 31.2 Å². The van der Waals surface area contributed by atoms with Crippen LogP contribution in [0.15, 0.2) is 52.5 Å². The number of likely N-dealkylation sites (tertiary alicyclic amines) is 1. The first-order chi connectivity index (χ1) is 25.3. The van der Waals surface area contributed by atoms with Gasteiger partial charge in [0, 0.05) is 35.8 Å². The van der Waals surface area contributed by atoms with Crippen LogP contribution in [0.25, 0.3) is 20.7 Å². The van der Waals surface area contributed by atoms with Crippen molar-refractivity contribution in [1.82, 2.24) is 14.7 Å². The van der Waals surface area contributed by atoms with Crippen LogP contribution in [0.4, 0.5) is 5.82 Å². The molecule has 6 unspecified atom stereocenters. The number of aryl methyl sites for hydroxylation is 2. The number of carbonyl (C=O) groups is 5. The zero-order valence-corrected chi connectivity index (χ0v) is 31.1. The fourth-order valence-electron chi connectivity index (χ4n) is 9.39. The van der Waals surface area contributed by atoms with Crippen molar-refractivity contribution in [1.29, 1.82) is 0 Å². The number of aliphatic carboxylic acids is 1. The summed E-state index contributed by atoms with van der Waals surface area (Å²) in [5.41, 5.74) is 1.10. The Kier molecular flexibility index (Phi) is 8.74. The van der Waals surface area contributed by atoms with Gasteiger partial charge in [-0.05, 0) is 86.7 Å². The molecule has 4 aliphatic rings. The van der Waals surface area contributed by atoms with Crippen molar-refractivity contribution in [3.05, 3.63) is 70.2 Å². The molecule has 14 heteroatoms. The highest BCUT2D eigenvalue weighted by Crippen LogP contribution is 2.63. The van der Waals surface area contributed by atoms with Gasteiger partial charge in [0.1, 0.15) is 29.6 Å². The average Bonchev–Trinajstić information content (AvgIpc) is 3.92. The van der Waals surface area contributed by atoms with Gasteiger partial charge in [0.15, 0.2) is 0 Å². The number of hydrogen-bond donors (Lipinski definition) is 2. The monoisotopic (exact) mass is 758 g/mol. The van der Waals surface area contributed by atoms with Gasteiger partial charge in [0.05, 0.1) is 34.0 Å². The Morgan fingerprint density at radius 2 is 1.85 bits per heavy atom. The lowest BCUT2D eigenvalue weighted by atomic mass is 9.52. The van der Waals surface area contributed by atoms with E-state index < -0.39 is 52.8 Å². The summed E-state index contributed by atoms with van der Waals surface area (Å²) in [5.74, 6) is -4.57. The molecule has 1 saturated carbocycles. The molecule has 6 atom stereocenters. The van der Waals surface area contributed by atoms with Gasteiger partial charge in [-0.3, -0.25) is 33.6 Å². The Morgan fingerprint density at radius 3 is 2.58 bits per heavy atom. The highest BCUT2D eigenvalue weighted by atomic mass is 35.5. The van der Waals surface area contributed by atoms with E-state index in [0.29, 0.717) is 53.7 Å². The van der Waals surface area contributed by atoms with Crippen LogP contribution in [-0.4, -0.2) is 61.0 Å². The molecule has 3 aromatic heterocycles. The number of aliphatic hydroxyl groups is 1. The largest absolute Gasteiger partial charge is 0.481 e. The number of aromatic nitrogens is 2. The van der Waals surface area contributed by atoms with Gasteiger partial charge in [0.25, 0.3) is 0 Å². The number of carboxylic acids is 1. The molecule has 4 aromatic rings. The first kappa shape index (κ1) is 35.4. The Labute approximate surface area is 314 Å². The van der Waals surface area contributed by atoms with Gasteiger partial charge in [-0.15, -0.1) is 11.3 Å². The molecule has 276 valence electrons. The number of carboxylic acid groups (broad SMARTS) is 1. The van der Waals surface area contributed by atoms with Crippen LogP contribution in [0.5, 0.6) is 0 Å². The number of furan rings is 1. The minimum atomic E-state index is -1.30. The van der Waals surface area contributed by atoms with Gasteiger partial charge in [-0.1, -0.05) is 29.7 Å². The number of thiophene rings is 1. The molecule has 2 aliphatic heterocycles. The molecular formula is C39H39ClN4O8S. The van der Waals surface area contributed by atoms with E-state index in [1.165, 1.54) is 9.80 Å². The number of rotatable bonds is 10. The second-order valence-corrected chi connectivity index (χ2v) is 16.4. The quantitative estimate of drug-likeness (QED) is 0.109. The van der Waals surface area contributed by atoms with Crippen LogP contribution in [0, 0.1) is 36.0 Å². The molecule has 5 heterocycles. The molecule has 53 heavy (non-hydrogen) atoms. The molecule has 0 radical (unpaired) electrons. The lowest BCUT2D eigenvalue weighted by Gasteiger charge is -2.48. The van der Waals surface area contributed by atoms with Crippen molar-refractivity contribution >= 4 is 68.4 Å². The summed E-state index contributed by atoms with van der Waals surface area (Å²) in [6.45, 7) is 3.63. The van der Waals surface area contributed by atoms with Crippen molar-refractivity contribution in [3.63, 3.8) is 0 Å². The predicted molar refractivity (Wildman–Crippen MR) is 196 cm³/mol. The number of allylic oxidation sites excluding steroid dienone is 2. The van der Waals surface area contributed by atoms with Crippen LogP contribution in [0.3, 0.4) is 0 Å². The summed E-state index contributed by atoms with van der Waals surface area (Å²) < 4.78 is 8.71. The fourth-order valence-corrected chi connectivity index (χ4v) is 10.7. The molecule has 4 amide bonds. The maximum atomic E-state index is 14.9. The molecule has 1 aromatic carbocycles. The van der Waals surface area contributed by atoms with E-state index in [2.05, 4.69) is 0 Å². The smallest absolute Gasteiger partial charge is 0.303 e. The Bertz CT molecular complexity index is 2250. The lowest BCUT2D eigenvalue weighted by Crippen LogP contribution is -2.48. The number of carbonyl (C=O) groups excluding carboxylic acids is 4. The molecule has 12 nitrogen and oxygen atoms in total. The first-order valence-electron chi connectivity index (χ1n) is 17.9. The molecule has 0 spiro atoms. The molecule has 2 saturated heterocycles. The minimum absolute atomic E-state index is 0.0266. The maximum absolute atomic E-state index is 14.9. The van der Waals surface area contributed by atoms with Crippen LogP contribution in [0.2, 0.25) is 5.02 Å². The summed E-state index contributed by atoms with van der Waals surface area (Å²) in [4.78, 5) is 71.8. The van der Waals surface area contributed by atoms with Gasteiger partial charge in [0.2, 0.25) is 23.6 Å².